The number of nitrogens with zero attached hydrogens (tertiary/aromatic N) is 2. The third kappa shape index (κ3) is 3.17. The van der Waals surface area contributed by atoms with E-state index in [1.54, 1.807) is 36.7 Å². The summed E-state index contributed by atoms with van der Waals surface area (Å²) < 4.78 is 0. The van der Waals surface area contributed by atoms with Crippen LogP contribution < -0.4 is 5.32 Å². The van der Waals surface area contributed by atoms with Crippen LogP contribution in [0.2, 0.25) is 0 Å². The fourth-order valence-corrected chi connectivity index (χ4v) is 1.69. The number of aryl methyl sites for hydroxylation is 1. The van der Waals surface area contributed by atoms with Crippen LogP contribution in [0.25, 0.3) is 0 Å². The zero-order valence-electron chi connectivity index (χ0n) is 10.6. The van der Waals surface area contributed by atoms with E-state index >= 15 is 0 Å². The van der Waals surface area contributed by atoms with E-state index in [4.69, 9.17) is 5.26 Å². The lowest BCUT2D eigenvalue weighted by Gasteiger charge is -2.07. The van der Waals surface area contributed by atoms with Gasteiger partial charge in [0.15, 0.2) is 0 Å². The van der Waals surface area contributed by atoms with Gasteiger partial charge in [0.05, 0.1) is 11.6 Å². The van der Waals surface area contributed by atoms with E-state index in [0.717, 1.165) is 11.1 Å². The lowest BCUT2D eigenvalue weighted by Crippen LogP contribution is -2.23. The fraction of sp³-hybridized carbons (Fsp3) is 0.133. The maximum Gasteiger partial charge on any atom is 0.251 e. The summed E-state index contributed by atoms with van der Waals surface area (Å²) >= 11 is 0. The van der Waals surface area contributed by atoms with Crippen LogP contribution in [0.3, 0.4) is 0 Å². The quantitative estimate of drug-likeness (QED) is 0.909. The third-order valence-corrected chi connectivity index (χ3v) is 2.84. The number of benzene rings is 1. The van der Waals surface area contributed by atoms with Crippen LogP contribution in [0, 0.1) is 18.3 Å². The van der Waals surface area contributed by atoms with E-state index in [-0.39, 0.29) is 5.91 Å². The molecule has 94 valence electrons. The molecule has 0 bridgehead atoms. The summed E-state index contributed by atoms with van der Waals surface area (Å²) in [4.78, 5) is 16.0. The molecule has 0 atom stereocenters. The summed E-state index contributed by atoms with van der Waals surface area (Å²) in [5, 5.41) is 11.6. The summed E-state index contributed by atoms with van der Waals surface area (Å²) in [5.41, 5.74) is 3.03. The summed E-state index contributed by atoms with van der Waals surface area (Å²) in [6.45, 7) is 2.40. The van der Waals surface area contributed by atoms with Gasteiger partial charge in [-0.3, -0.25) is 9.78 Å². The highest BCUT2D eigenvalue weighted by molar-refractivity contribution is 5.94. The number of pyridine rings is 1. The first-order chi connectivity index (χ1) is 9.20. The van der Waals surface area contributed by atoms with Crippen LogP contribution in [0.1, 0.15) is 27.0 Å². The molecule has 19 heavy (non-hydrogen) atoms. The van der Waals surface area contributed by atoms with Gasteiger partial charge in [-0.15, -0.1) is 0 Å². The first kappa shape index (κ1) is 12.8. The van der Waals surface area contributed by atoms with Gasteiger partial charge in [-0.25, -0.2) is 0 Å². The first-order valence-electron chi connectivity index (χ1n) is 5.88. The Morgan fingerprint density at radius 3 is 3.00 bits per heavy atom. The van der Waals surface area contributed by atoms with Crippen LogP contribution in [0.5, 0.6) is 0 Å². The minimum Gasteiger partial charge on any atom is -0.348 e. The van der Waals surface area contributed by atoms with Crippen molar-refractivity contribution in [1.82, 2.24) is 10.3 Å². The van der Waals surface area contributed by atoms with Crippen LogP contribution in [0.15, 0.2) is 42.7 Å². The number of nitrogens with one attached hydrogen (secondary N) is 1. The van der Waals surface area contributed by atoms with Crippen LogP contribution >= 0.6 is 0 Å². The summed E-state index contributed by atoms with van der Waals surface area (Å²) in [5.74, 6) is -0.194. The predicted octanol–water partition coefficient (Wildman–Crippen LogP) is 2.19. The number of nitriles is 1. The number of hydrogen-bond donors (Lipinski definition) is 1. The predicted molar refractivity (Wildman–Crippen MR) is 71.3 cm³/mol. The fourth-order valence-electron chi connectivity index (χ4n) is 1.69. The zero-order chi connectivity index (χ0) is 13.7. The lowest BCUT2D eigenvalue weighted by molar-refractivity contribution is 0.0951. The molecule has 1 amide bonds. The van der Waals surface area contributed by atoms with Crippen molar-refractivity contribution in [1.29, 1.82) is 5.26 Å². The Labute approximate surface area is 111 Å². The van der Waals surface area contributed by atoms with Crippen molar-refractivity contribution in [3.63, 3.8) is 0 Å². The Morgan fingerprint density at radius 1 is 1.42 bits per heavy atom. The molecule has 1 aromatic heterocycles. The van der Waals surface area contributed by atoms with Crippen molar-refractivity contribution in [3.8, 4) is 6.07 Å². The summed E-state index contributed by atoms with van der Waals surface area (Å²) in [6.07, 6.45) is 3.46. The van der Waals surface area contributed by atoms with Gasteiger partial charge in [0, 0.05) is 24.5 Å². The third-order valence-electron chi connectivity index (χ3n) is 2.84. The molecule has 4 nitrogen and oxygen atoms in total. The smallest absolute Gasteiger partial charge is 0.251 e. The van der Waals surface area contributed by atoms with Gasteiger partial charge in [-0.05, 0) is 42.3 Å². The molecule has 1 N–H and O–H groups in total. The monoisotopic (exact) mass is 251 g/mol. The average molecular weight is 251 g/mol. The maximum absolute atomic E-state index is 12.0. The number of aromatic nitrogens is 1. The van der Waals surface area contributed by atoms with E-state index in [2.05, 4.69) is 10.3 Å². The van der Waals surface area contributed by atoms with Gasteiger partial charge in [-0.1, -0.05) is 6.07 Å². The minimum absolute atomic E-state index is 0.194. The standard InChI is InChI=1S/C15H13N3O/c1-11-5-6-17-9-14(11)10-18-15(19)13-4-2-3-12(7-13)8-16/h2-7,9H,10H2,1H3,(H,18,19). The molecule has 2 rings (SSSR count). The summed E-state index contributed by atoms with van der Waals surface area (Å²) in [7, 11) is 0. The van der Waals surface area contributed by atoms with E-state index < -0.39 is 0 Å². The van der Waals surface area contributed by atoms with Gasteiger partial charge in [0.1, 0.15) is 0 Å². The second-order valence-electron chi connectivity index (χ2n) is 4.18. The molecule has 4 heteroatoms. The summed E-state index contributed by atoms with van der Waals surface area (Å²) in [6, 6.07) is 10.5. The Kier molecular flexibility index (Phi) is 3.89. The SMILES string of the molecule is Cc1ccncc1CNC(=O)c1cccc(C#N)c1. The maximum atomic E-state index is 12.0. The first-order valence-corrected chi connectivity index (χ1v) is 5.88. The van der Waals surface area contributed by atoms with Crippen LogP contribution in [-0.4, -0.2) is 10.9 Å². The highest BCUT2D eigenvalue weighted by Crippen LogP contribution is 2.07. The number of hydrogen-bond acceptors (Lipinski definition) is 3. The van der Waals surface area contributed by atoms with Gasteiger partial charge in [0.25, 0.3) is 5.91 Å². The molecule has 1 heterocycles. The molecular weight excluding hydrogens is 238 g/mol. The van der Waals surface area contributed by atoms with E-state index in [1.165, 1.54) is 0 Å². The van der Waals surface area contributed by atoms with Crippen molar-refractivity contribution < 1.29 is 4.79 Å². The second-order valence-corrected chi connectivity index (χ2v) is 4.18. The molecule has 0 aliphatic carbocycles. The van der Waals surface area contributed by atoms with Crippen molar-refractivity contribution in [2.24, 2.45) is 0 Å². The molecule has 0 aliphatic rings. The van der Waals surface area contributed by atoms with Gasteiger partial charge in [-0.2, -0.15) is 5.26 Å². The van der Waals surface area contributed by atoms with Gasteiger partial charge >= 0.3 is 0 Å². The van der Waals surface area contributed by atoms with E-state index in [1.807, 2.05) is 19.1 Å². The zero-order valence-corrected chi connectivity index (χ0v) is 10.6. The molecule has 1 aromatic carbocycles. The molecule has 0 saturated carbocycles. The number of amides is 1. The highest BCUT2D eigenvalue weighted by Gasteiger charge is 2.06. The topological polar surface area (TPSA) is 65.8 Å². The Hall–Kier alpha value is -2.67. The van der Waals surface area contributed by atoms with Gasteiger partial charge < -0.3 is 5.32 Å². The van der Waals surface area contributed by atoms with Crippen molar-refractivity contribution >= 4 is 5.91 Å². The van der Waals surface area contributed by atoms with Crippen LogP contribution in [0.4, 0.5) is 0 Å². The van der Waals surface area contributed by atoms with Gasteiger partial charge in [0.2, 0.25) is 0 Å². The van der Waals surface area contributed by atoms with Crippen molar-refractivity contribution in [2.45, 2.75) is 13.5 Å². The Morgan fingerprint density at radius 2 is 2.26 bits per heavy atom. The van der Waals surface area contributed by atoms with E-state index in [9.17, 15) is 4.79 Å². The van der Waals surface area contributed by atoms with Crippen molar-refractivity contribution in [2.75, 3.05) is 0 Å². The van der Waals surface area contributed by atoms with E-state index in [0.29, 0.717) is 17.7 Å². The largest absolute Gasteiger partial charge is 0.348 e. The molecule has 0 fully saturated rings. The molecule has 0 saturated heterocycles. The Balaban J connectivity index is 2.06. The lowest BCUT2D eigenvalue weighted by atomic mass is 10.1. The highest BCUT2D eigenvalue weighted by atomic mass is 16.1. The number of rotatable bonds is 3. The van der Waals surface area contributed by atoms with Crippen LogP contribution in [-0.2, 0) is 6.54 Å². The number of carbonyl (C=O) groups is 1. The molecular formula is C15H13N3O. The average Bonchev–Trinajstić information content (AvgIpc) is 2.46. The molecule has 2 aromatic rings. The Bertz CT molecular complexity index is 644. The normalized spacial score (nSPS) is 9.68. The minimum atomic E-state index is -0.194. The molecule has 0 spiro atoms. The number of carbonyl (C=O) groups excluding carboxylic acids is 1. The van der Waals surface area contributed by atoms with Crippen molar-refractivity contribution in [3.05, 3.63) is 65.0 Å². The molecule has 0 unspecified atom stereocenters. The second kappa shape index (κ2) is 5.78. The molecule has 0 radical (unpaired) electrons. The molecule has 0 aliphatic heterocycles.